The van der Waals surface area contributed by atoms with E-state index in [9.17, 15) is 4.79 Å². The quantitative estimate of drug-likeness (QED) is 0.768. The summed E-state index contributed by atoms with van der Waals surface area (Å²) >= 11 is 0. The van der Waals surface area contributed by atoms with Crippen LogP contribution in [-0.4, -0.2) is 30.5 Å². The molecule has 1 aromatic rings. The van der Waals surface area contributed by atoms with Crippen molar-refractivity contribution in [2.24, 2.45) is 0 Å². The molecule has 5 heteroatoms. The molecule has 0 spiro atoms. The molecule has 0 aliphatic carbocycles. The van der Waals surface area contributed by atoms with Crippen LogP contribution in [0.2, 0.25) is 0 Å². The molecule has 0 saturated heterocycles. The Hall–Kier alpha value is -1.33. The summed E-state index contributed by atoms with van der Waals surface area (Å²) in [4.78, 5) is 11.4. The second kappa shape index (κ2) is 7.09. The summed E-state index contributed by atoms with van der Waals surface area (Å²) in [6.45, 7) is 6.11. The number of hydrogen-bond acceptors (Lipinski definition) is 4. The molecule has 0 radical (unpaired) electrons. The van der Waals surface area contributed by atoms with E-state index in [0.29, 0.717) is 32.1 Å². The third-order valence-corrected chi connectivity index (χ3v) is 2.30. The zero-order chi connectivity index (χ0) is 12.7. The Kier molecular flexibility index (Phi) is 5.72. The number of aromatic nitrogens is 1. The van der Waals surface area contributed by atoms with Gasteiger partial charge in [0.25, 0.3) is 5.56 Å². The molecule has 0 saturated carbocycles. The standard InChI is InChI=1S/C12H20N2O3/c1-3-16-9-10(2)17-7-6-14-8-11(13)4-5-12(14)15/h4-5,8,10H,3,6-7,9,13H2,1-2H3. The SMILES string of the molecule is CCOCC(C)OCCn1cc(N)ccc1=O. The third kappa shape index (κ3) is 5.01. The van der Waals surface area contributed by atoms with E-state index in [-0.39, 0.29) is 11.7 Å². The van der Waals surface area contributed by atoms with E-state index in [1.54, 1.807) is 16.8 Å². The molecule has 17 heavy (non-hydrogen) atoms. The minimum atomic E-state index is -0.0692. The van der Waals surface area contributed by atoms with E-state index in [4.69, 9.17) is 15.2 Å². The van der Waals surface area contributed by atoms with Gasteiger partial charge in [-0.1, -0.05) is 0 Å². The molecule has 1 heterocycles. The van der Waals surface area contributed by atoms with Crippen molar-refractivity contribution in [2.75, 3.05) is 25.6 Å². The first-order valence-electron chi connectivity index (χ1n) is 5.78. The Morgan fingerprint density at radius 2 is 2.24 bits per heavy atom. The fourth-order valence-corrected chi connectivity index (χ4v) is 1.41. The largest absolute Gasteiger partial charge is 0.398 e. The second-order valence-corrected chi connectivity index (χ2v) is 3.83. The number of anilines is 1. The Labute approximate surface area is 101 Å². The fraction of sp³-hybridized carbons (Fsp3) is 0.583. The monoisotopic (exact) mass is 240 g/mol. The average molecular weight is 240 g/mol. The Morgan fingerprint density at radius 1 is 1.47 bits per heavy atom. The zero-order valence-corrected chi connectivity index (χ0v) is 10.4. The van der Waals surface area contributed by atoms with Gasteiger partial charge in [0, 0.05) is 31.1 Å². The van der Waals surface area contributed by atoms with Crippen molar-refractivity contribution in [1.29, 1.82) is 0 Å². The predicted octanol–water partition coefficient (Wildman–Crippen LogP) is 0.872. The maximum Gasteiger partial charge on any atom is 0.250 e. The molecular formula is C12H20N2O3. The fourth-order valence-electron chi connectivity index (χ4n) is 1.41. The molecule has 96 valence electrons. The van der Waals surface area contributed by atoms with Crippen LogP contribution in [0.1, 0.15) is 13.8 Å². The average Bonchev–Trinajstić information content (AvgIpc) is 2.31. The van der Waals surface area contributed by atoms with Crippen molar-refractivity contribution < 1.29 is 9.47 Å². The maximum atomic E-state index is 11.4. The van der Waals surface area contributed by atoms with E-state index in [1.807, 2.05) is 13.8 Å². The molecule has 0 aliphatic rings. The summed E-state index contributed by atoms with van der Waals surface area (Å²) in [6, 6.07) is 3.05. The smallest absolute Gasteiger partial charge is 0.250 e. The van der Waals surface area contributed by atoms with Gasteiger partial charge in [-0.2, -0.15) is 0 Å². The number of pyridine rings is 1. The Bertz CT molecular complexity index is 390. The summed E-state index contributed by atoms with van der Waals surface area (Å²) in [5, 5.41) is 0. The number of rotatable bonds is 7. The van der Waals surface area contributed by atoms with E-state index in [1.165, 1.54) is 6.07 Å². The summed E-state index contributed by atoms with van der Waals surface area (Å²) in [7, 11) is 0. The molecule has 0 aliphatic heterocycles. The van der Waals surface area contributed by atoms with Crippen LogP contribution in [0.25, 0.3) is 0 Å². The lowest BCUT2D eigenvalue weighted by atomic mass is 10.4. The molecule has 1 atom stereocenters. The van der Waals surface area contributed by atoms with Crippen LogP contribution < -0.4 is 11.3 Å². The molecular weight excluding hydrogens is 220 g/mol. The van der Waals surface area contributed by atoms with Crippen LogP contribution in [0.4, 0.5) is 5.69 Å². The van der Waals surface area contributed by atoms with E-state index >= 15 is 0 Å². The normalized spacial score (nSPS) is 12.6. The highest BCUT2D eigenvalue weighted by Crippen LogP contribution is 1.97. The van der Waals surface area contributed by atoms with Gasteiger partial charge < -0.3 is 19.8 Å². The van der Waals surface area contributed by atoms with E-state index in [2.05, 4.69) is 0 Å². The number of nitrogens with zero attached hydrogens (tertiary/aromatic N) is 1. The Morgan fingerprint density at radius 3 is 2.94 bits per heavy atom. The number of hydrogen-bond donors (Lipinski definition) is 1. The van der Waals surface area contributed by atoms with E-state index in [0.717, 1.165) is 0 Å². The van der Waals surface area contributed by atoms with Crippen molar-refractivity contribution in [3.63, 3.8) is 0 Å². The van der Waals surface area contributed by atoms with Gasteiger partial charge in [-0.25, -0.2) is 0 Å². The lowest BCUT2D eigenvalue weighted by Gasteiger charge is -2.13. The highest BCUT2D eigenvalue weighted by Gasteiger charge is 2.02. The molecule has 2 N–H and O–H groups in total. The van der Waals surface area contributed by atoms with Gasteiger partial charge >= 0.3 is 0 Å². The zero-order valence-electron chi connectivity index (χ0n) is 10.4. The van der Waals surface area contributed by atoms with Crippen LogP contribution in [0.3, 0.4) is 0 Å². The highest BCUT2D eigenvalue weighted by atomic mass is 16.5. The minimum absolute atomic E-state index is 0.0340. The van der Waals surface area contributed by atoms with Crippen LogP contribution >= 0.6 is 0 Å². The lowest BCUT2D eigenvalue weighted by molar-refractivity contribution is -0.00622. The minimum Gasteiger partial charge on any atom is -0.398 e. The molecule has 0 fully saturated rings. The predicted molar refractivity (Wildman–Crippen MR) is 67.0 cm³/mol. The van der Waals surface area contributed by atoms with E-state index < -0.39 is 0 Å². The van der Waals surface area contributed by atoms with Gasteiger partial charge in [-0.3, -0.25) is 4.79 Å². The van der Waals surface area contributed by atoms with Crippen LogP contribution in [0.5, 0.6) is 0 Å². The molecule has 0 amide bonds. The lowest BCUT2D eigenvalue weighted by Crippen LogP contribution is -2.24. The Balaban J connectivity index is 2.35. The first-order chi connectivity index (χ1) is 8.13. The third-order valence-electron chi connectivity index (χ3n) is 2.30. The summed E-state index contributed by atoms with van der Waals surface area (Å²) in [5.41, 5.74) is 6.11. The topological polar surface area (TPSA) is 66.5 Å². The van der Waals surface area contributed by atoms with Crippen LogP contribution in [0.15, 0.2) is 23.1 Å². The molecule has 1 aromatic heterocycles. The first-order valence-corrected chi connectivity index (χ1v) is 5.78. The molecule has 1 unspecified atom stereocenters. The summed E-state index contributed by atoms with van der Waals surface area (Å²) in [6.07, 6.45) is 1.66. The van der Waals surface area contributed by atoms with Crippen molar-refractivity contribution >= 4 is 5.69 Å². The van der Waals surface area contributed by atoms with Crippen molar-refractivity contribution in [1.82, 2.24) is 4.57 Å². The maximum absolute atomic E-state index is 11.4. The van der Waals surface area contributed by atoms with Crippen LogP contribution in [-0.2, 0) is 16.0 Å². The van der Waals surface area contributed by atoms with Crippen molar-refractivity contribution in [3.05, 3.63) is 28.7 Å². The molecule has 0 aromatic carbocycles. The second-order valence-electron chi connectivity index (χ2n) is 3.83. The molecule has 5 nitrogen and oxygen atoms in total. The number of ether oxygens (including phenoxy) is 2. The molecule has 1 rings (SSSR count). The van der Waals surface area contributed by atoms with Gasteiger partial charge in [0.15, 0.2) is 0 Å². The van der Waals surface area contributed by atoms with Crippen molar-refractivity contribution in [3.8, 4) is 0 Å². The van der Waals surface area contributed by atoms with Crippen LogP contribution in [0, 0.1) is 0 Å². The first kappa shape index (κ1) is 13.7. The summed E-state index contributed by atoms with van der Waals surface area (Å²) < 4.78 is 12.3. The number of nitrogens with two attached hydrogens (primary N) is 1. The molecule has 0 bridgehead atoms. The van der Waals surface area contributed by atoms with Gasteiger partial charge in [0.05, 0.1) is 19.3 Å². The number of nitrogen functional groups attached to an aromatic ring is 1. The van der Waals surface area contributed by atoms with Gasteiger partial charge in [0.2, 0.25) is 0 Å². The van der Waals surface area contributed by atoms with Crippen molar-refractivity contribution in [2.45, 2.75) is 26.5 Å². The van der Waals surface area contributed by atoms with Gasteiger partial charge in [-0.05, 0) is 19.9 Å². The highest BCUT2D eigenvalue weighted by molar-refractivity contribution is 5.33. The van der Waals surface area contributed by atoms with Gasteiger partial charge in [0.1, 0.15) is 0 Å². The summed E-state index contributed by atoms with van der Waals surface area (Å²) in [5.74, 6) is 0. The van der Waals surface area contributed by atoms with Gasteiger partial charge in [-0.15, -0.1) is 0 Å².